The van der Waals surface area contributed by atoms with Gasteiger partial charge in [0.05, 0.1) is 12.6 Å². The number of hydrogen-bond acceptors (Lipinski definition) is 8. The average molecular weight is 439 g/mol. The third-order valence-electron chi connectivity index (χ3n) is 3.49. The first-order valence-electron chi connectivity index (χ1n) is 8.29. The Bertz CT molecular complexity index is 577. The van der Waals surface area contributed by atoms with Crippen LogP contribution in [0.1, 0.15) is 19.3 Å². The van der Waals surface area contributed by atoms with E-state index in [1.807, 2.05) is 6.26 Å². The van der Waals surface area contributed by atoms with Gasteiger partial charge in [-0.2, -0.15) is 24.4 Å². The number of carbonyl (C=O) groups excluding carboxylic acids is 3. The fraction of sp³-hybridized carbons (Fsp3) is 0.667. The van der Waals surface area contributed by atoms with Crippen LogP contribution >= 0.6 is 24.4 Å². The molecule has 28 heavy (non-hydrogen) atoms. The third-order valence-corrected chi connectivity index (χ3v) is 4.50. The summed E-state index contributed by atoms with van der Waals surface area (Å²) in [6, 6.07) is -3.20. The maximum Gasteiger partial charge on any atom is 0.326 e. The van der Waals surface area contributed by atoms with Crippen molar-refractivity contribution in [3.05, 3.63) is 0 Å². The fourth-order valence-corrected chi connectivity index (χ4v) is 2.66. The van der Waals surface area contributed by atoms with E-state index in [4.69, 9.17) is 15.9 Å². The molecule has 0 saturated carbocycles. The molecular formula is C15H26N4O7S2. The molecular weight excluding hydrogens is 412 g/mol. The molecule has 3 unspecified atom stereocenters. The van der Waals surface area contributed by atoms with Crippen molar-refractivity contribution in [2.24, 2.45) is 5.73 Å². The fourth-order valence-electron chi connectivity index (χ4n) is 1.91. The summed E-state index contributed by atoms with van der Waals surface area (Å²) >= 11 is 5.52. The van der Waals surface area contributed by atoms with Crippen LogP contribution < -0.4 is 21.7 Å². The number of rotatable bonds is 14. The summed E-state index contributed by atoms with van der Waals surface area (Å²) < 4.78 is 0. The molecule has 3 amide bonds. The first-order chi connectivity index (χ1) is 13.1. The van der Waals surface area contributed by atoms with Crippen molar-refractivity contribution in [1.82, 2.24) is 16.0 Å². The van der Waals surface area contributed by atoms with Crippen LogP contribution in [0.2, 0.25) is 0 Å². The van der Waals surface area contributed by atoms with E-state index in [2.05, 4.69) is 28.6 Å². The van der Waals surface area contributed by atoms with Crippen molar-refractivity contribution in [3.63, 3.8) is 0 Å². The predicted molar refractivity (Wildman–Crippen MR) is 106 cm³/mol. The minimum atomic E-state index is -1.39. The summed E-state index contributed by atoms with van der Waals surface area (Å²) in [6.07, 6.45) is 1.57. The van der Waals surface area contributed by atoms with Gasteiger partial charge in [-0.05, 0) is 24.9 Å². The van der Waals surface area contributed by atoms with Crippen LogP contribution in [0.4, 0.5) is 0 Å². The molecule has 13 heteroatoms. The highest BCUT2D eigenvalue weighted by atomic mass is 32.2. The van der Waals surface area contributed by atoms with E-state index >= 15 is 0 Å². The smallest absolute Gasteiger partial charge is 0.326 e. The van der Waals surface area contributed by atoms with E-state index in [1.54, 1.807) is 0 Å². The van der Waals surface area contributed by atoms with Crippen LogP contribution in [-0.2, 0) is 24.0 Å². The van der Waals surface area contributed by atoms with Gasteiger partial charge in [-0.25, -0.2) is 4.79 Å². The van der Waals surface area contributed by atoms with Gasteiger partial charge < -0.3 is 31.9 Å². The van der Waals surface area contributed by atoms with Gasteiger partial charge in [0, 0.05) is 12.2 Å². The molecule has 0 saturated heterocycles. The van der Waals surface area contributed by atoms with E-state index in [-0.39, 0.29) is 12.2 Å². The normalized spacial score (nSPS) is 13.7. The molecule has 0 aliphatic heterocycles. The average Bonchev–Trinajstić information content (AvgIpc) is 2.64. The number of carboxylic acid groups (broad SMARTS) is 2. The Labute approximate surface area is 172 Å². The van der Waals surface area contributed by atoms with Crippen molar-refractivity contribution in [2.75, 3.05) is 24.3 Å². The van der Waals surface area contributed by atoms with Gasteiger partial charge in [-0.3, -0.25) is 19.2 Å². The number of nitrogens with one attached hydrogen (secondary N) is 3. The van der Waals surface area contributed by atoms with Gasteiger partial charge in [0.1, 0.15) is 12.1 Å². The van der Waals surface area contributed by atoms with Crippen LogP contribution in [-0.4, -0.2) is 82.3 Å². The molecule has 0 aliphatic rings. The highest BCUT2D eigenvalue weighted by Gasteiger charge is 2.24. The Hall–Kier alpha value is -1.99. The van der Waals surface area contributed by atoms with Crippen LogP contribution in [0.3, 0.4) is 0 Å². The predicted octanol–water partition coefficient (Wildman–Crippen LogP) is -1.97. The zero-order valence-corrected chi connectivity index (χ0v) is 17.1. The lowest BCUT2D eigenvalue weighted by molar-refractivity contribution is -0.143. The molecule has 0 heterocycles. The molecule has 0 aliphatic carbocycles. The van der Waals surface area contributed by atoms with Crippen LogP contribution in [0.15, 0.2) is 0 Å². The molecule has 0 aromatic carbocycles. The number of carboxylic acids is 2. The van der Waals surface area contributed by atoms with Crippen LogP contribution in [0.25, 0.3) is 0 Å². The number of nitrogens with two attached hydrogens (primary N) is 1. The van der Waals surface area contributed by atoms with Gasteiger partial charge in [0.2, 0.25) is 17.7 Å². The second-order valence-corrected chi connectivity index (χ2v) is 7.09. The Morgan fingerprint density at radius 1 is 1.04 bits per heavy atom. The molecule has 3 atom stereocenters. The molecule has 0 spiro atoms. The quantitative estimate of drug-likeness (QED) is 0.151. The number of thioether (sulfide) groups is 1. The van der Waals surface area contributed by atoms with Crippen LogP contribution in [0, 0.1) is 0 Å². The highest BCUT2D eigenvalue weighted by Crippen LogP contribution is 2.00. The van der Waals surface area contributed by atoms with E-state index in [9.17, 15) is 24.0 Å². The van der Waals surface area contributed by atoms with Crippen molar-refractivity contribution in [1.29, 1.82) is 0 Å². The lowest BCUT2D eigenvalue weighted by Gasteiger charge is -2.19. The number of thiol groups is 1. The van der Waals surface area contributed by atoms with E-state index in [0.29, 0.717) is 12.2 Å². The summed E-state index contributed by atoms with van der Waals surface area (Å²) in [6.45, 7) is -0.547. The Kier molecular flexibility index (Phi) is 13.1. The van der Waals surface area contributed by atoms with Crippen LogP contribution in [0.5, 0.6) is 0 Å². The largest absolute Gasteiger partial charge is 0.481 e. The highest BCUT2D eigenvalue weighted by molar-refractivity contribution is 7.98. The number of aliphatic carboxylic acids is 2. The van der Waals surface area contributed by atoms with E-state index in [1.165, 1.54) is 11.8 Å². The Morgan fingerprint density at radius 2 is 1.68 bits per heavy atom. The number of hydrogen-bond donors (Lipinski definition) is 7. The molecule has 7 N–H and O–H groups in total. The molecule has 0 radical (unpaired) electrons. The number of carbonyl (C=O) groups is 5. The lowest BCUT2D eigenvalue weighted by atomic mass is 10.1. The van der Waals surface area contributed by atoms with Crippen molar-refractivity contribution < 1.29 is 34.2 Å². The molecule has 0 rings (SSSR count). The minimum Gasteiger partial charge on any atom is -0.481 e. The molecule has 160 valence electrons. The zero-order valence-electron chi connectivity index (χ0n) is 15.3. The van der Waals surface area contributed by atoms with E-state index in [0.717, 1.165) is 0 Å². The second-order valence-electron chi connectivity index (χ2n) is 5.74. The summed E-state index contributed by atoms with van der Waals surface area (Å²) in [5.74, 6) is -3.96. The Balaban J connectivity index is 4.53. The van der Waals surface area contributed by atoms with Gasteiger partial charge >= 0.3 is 11.9 Å². The minimum absolute atomic E-state index is 0.0369. The van der Waals surface area contributed by atoms with Gasteiger partial charge in [0.15, 0.2) is 0 Å². The first-order valence-corrected chi connectivity index (χ1v) is 10.3. The SMILES string of the molecule is CSCCC(N)C(=O)NC(CS)C(=O)NCC(=O)NC(CCC(=O)O)C(=O)O. The van der Waals surface area contributed by atoms with E-state index < -0.39 is 60.8 Å². The molecule has 0 aromatic rings. The van der Waals surface area contributed by atoms with Crippen molar-refractivity contribution >= 4 is 54.1 Å². The molecule has 11 nitrogen and oxygen atoms in total. The number of amides is 3. The summed E-state index contributed by atoms with van der Waals surface area (Å²) in [4.78, 5) is 57.4. The topological polar surface area (TPSA) is 188 Å². The molecule has 0 fully saturated rings. The lowest BCUT2D eigenvalue weighted by Crippen LogP contribution is -2.54. The molecule has 0 aromatic heterocycles. The maximum atomic E-state index is 12.1. The first kappa shape index (κ1) is 26.0. The maximum absolute atomic E-state index is 12.1. The molecule has 0 bridgehead atoms. The zero-order chi connectivity index (χ0) is 21.7. The summed E-state index contributed by atoms with van der Waals surface area (Å²) in [5, 5.41) is 24.4. The standard InChI is InChI=1S/C15H26N4O7S2/c1-28-5-4-8(16)13(23)19-10(7-27)14(24)17-6-11(20)18-9(15(25)26)2-3-12(21)22/h8-10,27H,2-7,16H2,1H3,(H,17,24)(H,18,20)(H,19,23)(H,21,22)(H,25,26). The monoisotopic (exact) mass is 438 g/mol. The van der Waals surface area contributed by atoms with Gasteiger partial charge in [0.25, 0.3) is 0 Å². The van der Waals surface area contributed by atoms with Crippen molar-refractivity contribution in [3.8, 4) is 0 Å². The second kappa shape index (κ2) is 14.1. The summed E-state index contributed by atoms with van der Waals surface area (Å²) in [7, 11) is 0. The Morgan fingerprint density at radius 3 is 2.18 bits per heavy atom. The van der Waals surface area contributed by atoms with Gasteiger partial charge in [-0.15, -0.1) is 0 Å². The van der Waals surface area contributed by atoms with Gasteiger partial charge in [-0.1, -0.05) is 0 Å². The van der Waals surface area contributed by atoms with Crippen molar-refractivity contribution in [2.45, 2.75) is 37.4 Å². The third kappa shape index (κ3) is 11.0. The summed E-state index contributed by atoms with van der Waals surface area (Å²) in [5.41, 5.74) is 5.72.